The molecule has 0 aliphatic carbocycles. The van der Waals surface area contributed by atoms with Crippen LogP contribution in [0.1, 0.15) is 17.3 Å². The van der Waals surface area contributed by atoms with Crippen molar-refractivity contribution in [3.05, 3.63) is 71.4 Å². The zero-order chi connectivity index (χ0) is 20.5. The molecule has 0 fully saturated rings. The Morgan fingerprint density at radius 2 is 2.03 bits per heavy atom. The van der Waals surface area contributed by atoms with Crippen molar-refractivity contribution in [2.75, 3.05) is 5.32 Å². The second kappa shape index (κ2) is 7.44. The third-order valence-corrected chi connectivity index (χ3v) is 4.62. The Morgan fingerprint density at radius 1 is 1.21 bits per heavy atom. The van der Waals surface area contributed by atoms with Gasteiger partial charge in [0.25, 0.3) is 0 Å². The van der Waals surface area contributed by atoms with Gasteiger partial charge in [-0.25, -0.2) is 9.37 Å². The van der Waals surface area contributed by atoms with Crippen LogP contribution < -0.4 is 5.32 Å². The average Bonchev–Trinajstić information content (AvgIpc) is 2.72. The molecule has 144 valence electrons. The SMILES string of the molecule is CC(=O)c1cnc2ccc(-c3cc(F)c(O)c(Cl)c3)nc2c1Nc1cccnc1. The molecule has 0 spiro atoms. The number of halogens is 2. The zero-order valence-corrected chi connectivity index (χ0v) is 15.9. The molecule has 0 unspecified atom stereocenters. The minimum absolute atomic E-state index is 0.119. The second-order valence-electron chi connectivity index (χ2n) is 6.32. The molecule has 8 heteroatoms. The summed E-state index contributed by atoms with van der Waals surface area (Å²) in [5.41, 5.74) is 3.29. The fraction of sp³-hybridized carbons (Fsp3) is 0.0476. The molecule has 0 radical (unpaired) electrons. The smallest absolute Gasteiger partial charge is 0.170 e. The minimum Gasteiger partial charge on any atom is -0.504 e. The van der Waals surface area contributed by atoms with Gasteiger partial charge >= 0.3 is 0 Å². The van der Waals surface area contributed by atoms with Gasteiger partial charge < -0.3 is 10.4 Å². The highest BCUT2D eigenvalue weighted by atomic mass is 35.5. The molecule has 1 aromatic carbocycles. The first-order chi connectivity index (χ1) is 13.9. The van der Waals surface area contributed by atoms with Crippen LogP contribution in [0.2, 0.25) is 5.02 Å². The van der Waals surface area contributed by atoms with Gasteiger partial charge in [0.05, 0.1) is 39.4 Å². The summed E-state index contributed by atoms with van der Waals surface area (Å²) in [6.45, 7) is 1.44. The largest absolute Gasteiger partial charge is 0.504 e. The van der Waals surface area contributed by atoms with E-state index in [1.54, 1.807) is 30.6 Å². The third-order valence-electron chi connectivity index (χ3n) is 4.34. The number of benzene rings is 1. The number of carbonyl (C=O) groups is 1. The number of Topliss-reactive ketones (excluding diaryl/α,β-unsaturated/α-hetero) is 1. The van der Waals surface area contributed by atoms with Gasteiger partial charge in [0, 0.05) is 18.0 Å². The summed E-state index contributed by atoms with van der Waals surface area (Å²) in [6.07, 6.45) is 4.75. The van der Waals surface area contributed by atoms with Crippen molar-refractivity contribution >= 4 is 39.8 Å². The lowest BCUT2D eigenvalue weighted by Gasteiger charge is -2.13. The van der Waals surface area contributed by atoms with Gasteiger partial charge in [-0.15, -0.1) is 0 Å². The molecule has 0 saturated carbocycles. The van der Waals surface area contributed by atoms with Crippen LogP contribution >= 0.6 is 11.6 Å². The quantitative estimate of drug-likeness (QED) is 0.455. The molecule has 4 aromatic rings. The Balaban J connectivity index is 1.93. The van der Waals surface area contributed by atoms with Crippen LogP contribution in [0.15, 0.2) is 55.0 Å². The average molecular weight is 409 g/mol. The van der Waals surface area contributed by atoms with Crippen molar-refractivity contribution in [2.45, 2.75) is 6.92 Å². The van der Waals surface area contributed by atoms with Crippen LogP contribution in [-0.4, -0.2) is 25.8 Å². The predicted molar refractivity (Wildman–Crippen MR) is 109 cm³/mol. The van der Waals surface area contributed by atoms with E-state index in [0.717, 1.165) is 6.07 Å². The van der Waals surface area contributed by atoms with E-state index in [2.05, 4.69) is 20.3 Å². The van der Waals surface area contributed by atoms with Crippen molar-refractivity contribution in [1.29, 1.82) is 0 Å². The number of rotatable bonds is 4. The molecular weight excluding hydrogens is 395 g/mol. The van der Waals surface area contributed by atoms with Crippen molar-refractivity contribution < 1.29 is 14.3 Å². The first-order valence-corrected chi connectivity index (χ1v) is 8.98. The molecule has 6 nitrogen and oxygen atoms in total. The summed E-state index contributed by atoms with van der Waals surface area (Å²) in [5.74, 6) is -1.65. The first kappa shape index (κ1) is 18.8. The third kappa shape index (κ3) is 3.60. The standard InChI is InChI=1S/C21H14ClFN4O2/c1-11(28)14-10-25-18-5-4-17(12-7-15(22)21(29)16(23)8-12)27-20(18)19(14)26-13-3-2-6-24-9-13/h2-10,29H,1H3,(H,25,26). The van der Waals surface area contributed by atoms with Crippen LogP contribution in [0.3, 0.4) is 0 Å². The zero-order valence-electron chi connectivity index (χ0n) is 15.1. The lowest BCUT2D eigenvalue weighted by atomic mass is 10.1. The van der Waals surface area contributed by atoms with E-state index in [1.807, 2.05) is 6.07 Å². The number of phenolic OH excluding ortho intramolecular Hbond substituents is 1. The van der Waals surface area contributed by atoms with Gasteiger partial charge in [-0.2, -0.15) is 0 Å². The Labute approximate surface area is 170 Å². The number of hydrogen-bond donors (Lipinski definition) is 2. The maximum atomic E-state index is 13.9. The number of aromatic nitrogens is 3. The normalized spacial score (nSPS) is 10.9. The molecule has 3 heterocycles. The van der Waals surface area contributed by atoms with E-state index < -0.39 is 11.6 Å². The lowest BCUT2D eigenvalue weighted by Crippen LogP contribution is -2.04. The monoisotopic (exact) mass is 408 g/mol. The number of carbonyl (C=O) groups excluding carboxylic acids is 1. The van der Waals surface area contributed by atoms with E-state index >= 15 is 0 Å². The van der Waals surface area contributed by atoms with Gasteiger partial charge in [-0.05, 0) is 43.3 Å². The van der Waals surface area contributed by atoms with Crippen LogP contribution in [0, 0.1) is 5.82 Å². The fourth-order valence-corrected chi connectivity index (χ4v) is 3.12. The van der Waals surface area contributed by atoms with Crippen molar-refractivity contribution in [2.24, 2.45) is 0 Å². The van der Waals surface area contributed by atoms with Crippen LogP contribution in [-0.2, 0) is 0 Å². The molecule has 0 atom stereocenters. The molecule has 3 aromatic heterocycles. The molecule has 0 amide bonds. The molecule has 4 rings (SSSR count). The summed E-state index contributed by atoms with van der Waals surface area (Å²) >= 11 is 5.90. The van der Waals surface area contributed by atoms with E-state index in [9.17, 15) is 14.3 Å². The molecular formula is C21H14ClFN4O2. The number of fused-ring (bicyclic) bond motifs is 1. The van der Waals surface area contributed by atoms with E-state index in [-0.39, 0.29) is 10.8 Å². The summed E-state index contributed by atoms with van der Waals surface area (Å²) in [4.78, 5) is 25.1. The number of pyridine rings is 3. The molecule has 2 N–H and O–H groups in total. The maximum absolute atomic E-state index is 13.9. The molecule has 29 heavy (non-hydrogen) atoms. The number of nitrogens with one attached hydrogen (secondary N) is 1. The number of hydrogen-bond acceptors (Lipinski definition) is 6. The summed E-state index contributed by atoms with van der Waals surface area (Å²) in [7, 11) is 0. The summed E-state index contributed by atoms with van der Waals surface area (Å²) in [5, 5.41) is 12.6. The van der Waals surface area contributed by atoms with Crippen LogP contribution in [0.4, 0.5) is 15.8 Å². The van der Waals surface area contributed by atoms with Crippen molar-refractivity contribution in [3.63, 3.8) is 0 Å². The van der Waals surface area contributed by atoms with Gasteiger partial charge in [-0.1, -0.05) is 11.6 Å². The second-order valence-corrected chi connectivity index (χ2v) is 6.73. The number of nitrogens with zero attached hydrogens (tertiary/aromatic N) is 3. The van der Waals surface area contributed by atoms with E-state index in [0.29, 0.717) is 39.2 Å². The van der Waals surface area contributed by atoms with Gasteiger partial charge in [-0.3, -0.25) is 14.8 Å². The lowest BCUT2D eigenvalue weighted by molar-refractivity contribution is 0.101. The van der Waals surface area contributed by atoms with E-state index in [4.69, 9.17) is 11.6 Å². The highest BCUT2D eigenvalue weighted by molar-refractivity contribution is 6.32. The highest BCUT2D eigenvalue weighted by Crippen LogP contribution is 2.34. The Morgan fingerprint density at radius 3 is 2.72 bits per heavy atom. The summed E-state index contributed by atoms with van der Waals surface area (Å²) in [6, 6.07) is 9.52. The molecule has 0 saturated heterocycles. The van der Waals surface area contributed by atoms with Gasteiger partial charge in [0.2, 0.25) is 0 Å². The Kier molecular flexibility index (Phi) is 4.82. The molecule has 0 aliphatic heterocycles. The van der Waals surface area contributed by atoms with E-state index in [1.165, 1.54) is 19.2 Å². The van der Waals surface area contributed by atoms with Crippen LogP contribution in [0.5, 0.6) is 5.75 Å². The molecule has 0 aliphatic rings. The number of phenols is 1. The minimum atomic E-state index is -0.848. The topological polar surface area (TPSA) is 88.0 Å². The number of aromatic hydroxyl groups is 1. The van der Waals surface area contributed by atoms with Crippen molar-refractivity contribution in [3.8, 4) is 17.0 Å². The van der Waals surface area contributed by atoms with Gasteiger partial charge in [0.15, 0.2) is 17.3 Å². The Bertz CT molecular complexity index is 1230. The summed E-state index contributed by atoms with van der Waals surface area (Å²) < 4.78 is 13.9. The fourth-order valence-electron chi connectivity index (χ4n) is 2.91. The predicted octanol–water partition coefficient (Wildman–Crippen LogP) is 5.14. The van der Waals surface area contributed by atoms with Crippen molar-refractivity contribution in [1.82, 2.24) is 15.0 Å². The number of ketones is 1. The Hall–Kier alpha value is -3.58. The maximum Gasteiger partial charge on any atom is 0.170 e. The first-order valence-electron chi connectivity index (χ1n) is 8.60. The van der Waals surface area contributed by atoms with Gasteiger partial charge in [0.1, 0.15) is 5.52 Å². The number of anilines is 2. The molecule has 0 bridgehead atoms. The highest BCUT2D eigenvalue weighted by Gasteiger charge is 2.16. The van der Waals surface area contributed by atoms with Crippen LogP contribution in [0.25, 0.3) is 22.3 Å².